The Bertz CT molecular complexity index is 612. The minimum absolute atomic E-state index is 0.178. The molecule has 1 aromatic heterocycles. The Morgan fingerprint density at radius 3 is 2.72 bits per heavy atom. The number of aryl methyl sites for hydroxylation is 1. The van der Waals surface area contributed by atoms with E-state index in [2.05, 4.69) is 20.9 Å². The van der Waals surface area contributed by atoms with E-state index in [1.54, 1.807) is 6.07 Å². The van der Waals surface area contributed by atoms with Gasteiger partial charge in [-0.15, -0.1) is 0 Å². The first-order valence-corrected chi connectivity index (χ1v) is 10.7. The lowest BCUT2D eigenvalue weighted by atomic mass is 10.0. The highest BCUT2D eigenvalue weighted by Gasteiger charge is 2.13. The molecule has 1 aliphatic heterocycles. The molecule has 8 heteroatoms. The second-order valence-corrected chi connectivity index (χ2v) is 7.21. The highest BCUT2D eigenvalue weighted by molar-refractivity contribution is 5.92. The minimum atomic E-state index is -0.178. The number of aliphatic imine (C=N–C) groups is 1. The van der Waals surface area contributed by atoms with E-state index in [-0.39, 0.29) is 5.91 Å². The average Bonchev–Trinajstić information content (AvgIpc) is 3.16. The third-order valence-corrected chi connectivity index (χ3v) is 4.76. The molecule has 1 aromatic rings. The second kappa shape index (κ2) is 14.0. The molecule has 1 aliphatic rings. The Morgan fingerprint density at radius 1 is 1.21 bits per heavy atom. The van der Waals surface area contributed by atoms with Gasteiger partial charge >= 0.3 is 0 Å². The number of amides is 1. The van der Waals surface area contributed by atoms with Crippen molar-refractivity contribution in [3.05, 3.63) is 23.7 Å². The zero-order valence-corrected chi connectivity index (χ0v) is 17.8. The number of carbonyl (C=O) groups is 1. The van der Waals surface area contributed by atoms with Crippen molar-refractivity contribution in [1.29, 1.82) is 0 Å². The smallest absolute Gasteiger partial charge is 0.287 e. The first kappa shape index (κ1) is 23.2. The number of carbonyl (C=O) groups excluding carboxylic acids is 1. The lowest BCUT2D eigenvalue weighted by Gasteiger charge is -2.21. The van der Waals surface area contributed by atoms with E-state index in [9.17, 15) is 4.79 Å². The van der Waals surface area contributed by atoms with Crippen LogP contribution in [0.5, 0.6) is 0 Å². The SMILES string of the molecule is CCNC(=NCCCNC(=O)c1occc1C)NCCCOCC1CCOCC1. The molecule has 0 bridgehead atoms. The van der Waals surface area contributed by atoms with Gasteiger partial charge in [0.2, 0.25) is 0 Å². The van der Waals surface area contributed by atoms with Crippen LogP contribution in [0.3, 0.4) is 0 Å². The van der Waals surface area contributed by atoms with E-state index in [1.807, 2.05) is 13.8 Å². The number of rotatable bonds is 12. The average molecular weight is 409 g/mol. The predicted octanol–water partition coefficient (Wildman–Crippen LogP) is 2.10. The molecule has 2 heterocycles. The van der Waals surface area contributed by atoms with Crippen LogP contribution < -0.4 is 16.0 Å². The van der Waals surface area contributed by atoms with Gasteiger partial charge < -0.3 is 29.8 Å². The van der Waals surface area contributed by atoms with Crippen LogP contribution in [0, 0.1) is 12.8 Å². The first-order chi connectivity index (χ1) is 14.2. The van der Waals surface area contributed by atoms with E-state index in [1.165, 1.54) is 6.26 Å². The van der Waals surface area contributed by atoms with Gasteiger partial charge in [-0.2, -0.15) is 0 Å². The summed E-state index contributed by atoms with van der Waals surface area (Å²) >= 11 is 0. The van der Waals surface area contributed by atoms with Crippen molar-refractivity contribution in [3.8, 4) is 0 Å². The Hall–Kier alpha value is -2.06. The van der Waals surface area contributed by atoms with Crippen molar-refractivity contribution >= 4 is 11.9 Å². The Kier molecular flexibility index (Phi) is 11.2. The third kappa shape index (κ3) is 9.32. The van der Waals surface area contributed by atoms with Gasteiger partial charge in [0.05, 0.1) is 6.26 Å². The summed E-state index contributed by atoms with van der Waals surface area (Å²) in [6.07, 6.45) is 5.44. The molecular weight excluding hydrogens is 372 g/mol. The molecule has 164 valence electrons. The molecule has 0 unspecified atom stereocenters. The maximum atomic E-state index is 12.0. The van der Waals surface area contributed by atoms with Crippen molar-refractivity contribution < 1.29 is 18.7 Å². The van der Waals surface area contributed by atoms with Crippen LogP contribution >= 0.6 is 0 Å². The maximum Gasteiger partial charge on any atom is 0.287 e. The molecule has 0 radical (unpaired) electrons. The lowest BCUT2D eigenvalue weighted by molar-refractivity contribution is 0.0203. The van der Waals surface area contributed by atoms with Gasteiger partial charge in [-0.1, -0.05) is 0 Å². The Balaban J connectivity index is 1.53. The number of furan rings is 1. The second-order valence-electron chi connectivity index (χ2n) is 7.21. The number of hydrogen-bond donors (Lipinski definition) is 3. The molecule has 0 spiro atoms. The first-order valence-electron chi connectivity index (χ1n) is 10.7. The van der Waals surface area contributed by atoms with Crippen LogP contribution in [-0.4, -0.2) is 64.5 Å². The summed E-state index contributed by atoms with van der Waals surface area (Å²) in [5.41, 5.74) is 0.843. The van der Waals surface area contributed by atoms with Crippen molar-refractivity contribution in [2.24, 2.45) is 10.9 Å². The summed E-state index contributed by atoms with van der Waals surface area (Å²) in [4.78, 5) is 16.5. The Labute approximate surface area is 173 Å². The molecule has 1 saturated heterocycles. The van der Waals surface area contributed by atoms with Crippen molar-refractivity contribution in [3.63, 3.8) is 0 Å². The standard InChI is InChI=1S/C21H36N4O4/c1-3-22-21(25-11-5-12-28-16-18-7-13-27-14-8-18)24-10-4-9-23-20(26)19-17(2)6-15-29-19/h6,15,18H,3-5,7-14,16H2,1-2H3,(H,23,26)(H2,22,24,25). The molecule has 3 N–H and O–H groups in total. The number of guanidine groups is 1. The molecule has 1 amide bonds. The number of hydrogen-bond acceptors (Lipinski definition) is 5. The van der Waals surface area contributed by atoms with Gasteiger partial charge in [0, 0.05) is 58.2 Å². The van der Waals surface area contributed by atoms with Crippen LogP contribution in [-0.2, 0) is 9.47 Å². The Morgan fingerprint density at radius 2 is 2.00 bits per heavy atom. The van der Waals surface area contributed by atoms with Gasteiger partial charge in [-0.3, -0.25) is 9.79 Å². The van der Waals surface area contributed by atoms with E-state index in [0.29, 0.717) is 24.8 Å². The van der Waals surface area contributed by atoms with E-state index in [4.69, 9.17) is 13.9 Å². The van der Waals surface area contributed by atoms with E-state index >= 15 is 0 Å². The van der Waals surface area contributed by atoms with Gasteiger partial charge in [-0.25, -0.2) is 0 Å². The fraction of sp³-hybridized carbons (Fsp3) is 0.714. The number of nitrogens with zero attached hydrogens (tertiary/aromatic N) is 1. The van der Waals surface area contributed by atoms with Crippen molar-refractivity contribution in [2.45, 2.75) is 39.5 Å². The molecule has 2 rings (SSSR count). The molecule has 0 saturated carbocycles. The summed E-state index contributed by atoms with van der Waals surface area (Å²) in [6.45, 7) is 10.0. The normalized spacial score (nSPS) is 15.3. The largest absolute Gasteiger partial charge is 0.459 e. The highest BCUT2D eigenvalue weighted by Crippen LogP contribution is 2.14. The zero-order valence-electron chi connectivity index (χ0n) is 17.8. The third-order valence-electron chi connectivity index (χ3n) is 4.76. The zero-order chi connectivity index (χ0) is 20.7. The monoisotopic (exact) mass is 408 g/mol. The highest BCUT2D eigenvalue weighted by atomic mass is 16.5. The van der Waals surface area contributed by atoms with Crippen LogP contribution in [0.25, 0.3) is 0 Å². The minimum Gasteiger partial charge on any atom is -0.459 e. The van der Waals surface area contributed by atoms with Gasteiger partial charge in [0.15, 0.2) is 11.7 Å². The molecule has 0 aliphatic carbocycles. The van der Waals surface area contributed by atoms with Crippen LogP contribution in [0.1, 0.15) is 48.7 Å². The summed E-state index contributed by atoms with van der Waals surface area (Å²) in [6, 6.07) is 1.78. The van der Waals surface area contributed by atoms with Crippen molar-refractivity contribution in [2.75, 3.05) is 52.6 Å². The van der Waals surface area contributed by atoms with Crippen LogP contribution in [0.15, 0.2) is 21.7 Å². The van der Waals surface area contributed by atoms with Crippen LogP contribution in [0.2, 0.25) is 0 Å². The quantitative estimate of drug-likeness (QED) is 0.278. The fourth-order valence-electron chi connectivity index (χ4n) is 3.04. The number of nitrogens with one attached hydrogen (secondary N) is 3. The summed E-state index contributed by atoms with van der Waals surface area (Å²) in [7, 11) is 0. The summed E-state index contributed by atoms with van der Waals surface area (Å²) < 4.78 is 16.3. The predicted molar refractivity (Wildman–Crippen MR) is 113 cm³/mol. The number of ether oxygens (including phenoxy) is 2. The topological polar surface area (TPSA) is 97.1 Å². The van der Waals surface area contributed by atoms with E-state index in [0.717, 1.165) is 76.7 Å². The van der Waals surface area contributed by atoms with Gasteiger partial charge in [-0.05, 0) is 51.5 Å². The molecule has 29 heavy (non-hydrogen) atoms. The fourth-order valence-corrected chi connectivity index (χ4v) is 3.04. The molecule has 1 fully saturated rings. The summed E-state index contributed by atoms with van der Waals surface area (Å²) in [5, 5.41) is 9.42. The molecule has 8 nitrogen and oxygen atoms in total. The van der Waals surface area contributed by atoms with Gasteiger partial charge in [0.25, 0.3) is 5.91 Å². The van der Waals surface area contributed by atoms with Crippen LogP contribution in [0.4, 0.5) is 0 Å². The maximum absolute atomic E-state index is 12.0. The molecule has 0 aromatic carbocycles. The van der Waals surface area contributed by atoms with E-state index < -0.39 is 0 Å². The van der Waals surface area contributed by atoms with Gasteiger partial charge in [0.1, 0.15) is 0 Å². The summed E-state index contributed by atoms with van der Waals surface area (Å²) in [5.74, 6) is 1.64. The molecular formula is C21H36N4O4. The van der Waals surface area contributed by atoms with Crippen molar-refractivity contribution in [1.82, 2.24) is 16.0 Å². The lowest BCUT2D eigenvalue weighted by Crippen LogP contribution is -2.38. The molecule has 0 atom stereocenters.